The molecule has 0 aliphatic carbocycles. The van der Waals surface area contributed by atoms with E-state index in [4.69, 9.17) is 9.84 Å². The van der Waals surface area contributed by atoms with Gasteiger partial charge in [0.15, 0.2) is 12.1 Å². The molecule has 3 aliphatic heterocycles. The zero-order chi connectivity index (χ0) is 16.1. The van der Waals surface area contributed by atoms with Crippen LogP contribution in [0.15, 0.2) is 15.0 Å². The number of thiol groups is 1. The Morgan fingerprint density at radius 3 is 2.82 bits per heavy atom. The average molecular weight is 330 g/mol. The van der Waals surface area contributed by atoms with Gasteiger partial charge in [-0.15, -0.1) is 12.6 Å². The third kappa shape index (κ3) is 2.05. The monoisotopic (exact) mass is 330 g/mol. The molecule has 3 aliphatic rings. The van der Waals surface area contributed by atoms with E-state index in [1.165, 1.54) is 4.90 Å². The first-order chi connectivity index (χ1) is 10.4. The van der Waals surface area contributed by atoms with Gasteiger partial charge in [0.2, 0.25) is 4.87 Å². The lowest BCUT2D eigenvalue weighted by Gasteiger charge is -2.30. The van der Waals surface area contributed by atoms with Crippen LogP contribution in [0, 0.1) is 0 Å². The van der Waals surface area contributed by atoms with Crippen molar-refractivity contribution < 1.29 is 30.0 Å². The molecule has 0 radical (unpaired) electrons. The van der Waals surface area contributed by atoms with Crippen LogP contribution >= 0.6 is 12.6 Å². The minimum absolute atomic E-state index is 0.0281. The lowest BCUT2D eigenvalue weighted by Crippen LogP contribution is -2.52. The van der Waals surface area contributed by atoms with Crippen LogP contribution in [0.3, 0.4) is 0 Å². The predicted molar refractivity (Wildman–Crippen MR) is 77.2 cm³/mol. The molecule has 3 rings (SSSR count). The molecule has 0 spiro atoms. The van der Waals surface area contributed by atoms with Crippen molar-refractivity contribution in [1.29, 1.82) is 0 Å². The van der Waals surface area contributed by atoms with Crippen molar-refractivity contribution in [1.82, 2.24) is 4.90 Å². The zero-order valence-corrected chi connectivity index (χ0v) is 12.0. The first-order valence-electron chi connectivity index (χ1n) is 6.42. The normalized spacial score (nSPS) is 40.5. The Morgan fingerprint density at radius 2 is 2.23 bits per heavy atom. The molecule has 3 heterocycles. The SMILES string of the molecule is O=C(O)C1(S)N=CN=C2C1=NCN2[C@@H]1O[C@H](CO)[C@@H](O)[C@H]1O. The van der Waals surface area contributed by atoms with Crippen molar-refractivity contribution in [2.75, 3.05) is 13.3 Å². The van der Waals surface area contributed by atoms with Gasteiger partial charge in [-0.25, -0.2) is 14.8 Å². The number of hydrogen-bond donors (Lipinski definition) is 5. The fourth-order valence-electron chi connectivity index (χ4n) is 2.55. The molecular weight excluding hydrogens is 316 g/mol. The Kier molecular flexibility index (Phi) is 3.69. The molecule has 1 unspecified atom stereocenters. The number of carbonyl (C=O) groups is 1. The molecule has 4 N–H and O–H groups in total. The third-order valence-electron chi connectivity index (χ3n) is 3.74. The zero-order valence-electron chi connectivity index (χ0n) is 11.1. The number of aliphatic imine (C=N–C) groups is 3. The maximum Gasteiger partial charge on any atom is 0.348 e. The number of aliphatic hydroxyl groups excluding tert-OH is 3. The highest BCUT2D eigenvalue weighted by Gasteiger charge is 2.52. The second-order valence-corrected chi connectivity index (χ2v) is 5.67. The number of rotatable bonds is 3. The summed E-state index contributed by atoms with van der Waals surface area (Å²) in [5, 5.41) is 38.2. The molecule has 0 aromatic rings. The maximum absolute atomic E-state index is 11.4. The molecule has 1 fully saturated rings. The summed E-state index contributed by atoms with van der Waals surface area (Å²) >= 11 is 4.05. The number of amidine groups is 1. The number of hydrogen-bond acceptors (Lipinski definition) is 10. The van der Waals surface area contributed by atoms with Crippen LogP contribution < -0.4 is 0 Å². The van der Waals surface area contributed by atoms with Gasteiger partial charge in [-0.3, -0.25) is 4.99 Å². The van der Waals surface area contributed by atoms with E-state index in [2.05, 4.69) is 27.6 Å². The molecule has 1 saturated heterocycles. The smallest absolute Gasteiger partial charge is 0.348 e. The topological polar surface area (TPSA) is 148 Å². The predicted octanol–water partition coefficient (Wildman–Crippen LogP) is -2.71. The number of carboxylic acids is 1. The molecule has 0 amide bonds. The Hall–Kier alpha value is -1.53. The van der Waals surface area contributed by atoms with Gasteiger partial charge >= 0.3 is 5.97 Å². The van der Waals surface area contributed by atoms with E-state index in [1.54, 1.807) is 0 Å². The fraction of sp³-hybridized carbons (Fsp3) is 0.636. The van der Waals surface area contributed by atoms with E-state index in [0.29, 0.717) is 0 Å². The fourth-order valence-corrected chi connectivity index (χ4v) is 2.77. The summed E-state index contributed by atoms with van der Waals surface area (Å²) in [6.45, 7) is -0.491. The summed E-state index contributed by atoms with van der Waals surface area (Å²) in [7, 11) is 0. The Bertz CT molecular complexity index is 595. The van der Waals surface area contributed by atoms with E-state index in [-0.39, 0.29) is 18.2 Å². The van der Waals surface area contributed by atoms with Gasteiger partial charge < -0.3 is 30.1 Å². The van der Waals surface area contributed by atoms with Gasteiger partial charge in [-0.2, -0.15) is 0 Å². The lowest BCUT2D eigenvalue weighted by atomic mass is 10.1. The largest absolute Gasteiger partial charge is 0.478 e. The van der Waals surface area contributed by atoms with Gasteiger partial charge in [-0.1, -0.05) is 0 Å². The quantitative estimate of drug-likeness (QED) is 0.353. The van der Waals surface area contributed by atoms with Gasteiger partial charge in [-0.05, 0) is 0 Å². The molecule has 22 heavy (non-hydrogen) atoms. The van der Waals surface area contributed by atoms with Crippen molar-refractivity contribution in [2.45, 2.75) is 29.4 Å². The van der Waals surface area contributed by atoms with Crippen LogP contribution in [-0.2, 0) is 9.53 Å². The Labute approximate surface area is 129 Å². The van der Waals surface area contributed by atoms with Gasteiger partial charge in [0.05, 0.1) is 6.61 Å². The summed E-state index contributed by atoms with van der Waals surface area (Å²) in [6.07, 6.45) is -3.47. The highest BCUT2D eigenvalue weighted by atomic mass is 32.1. The molecule has 0 aromatic carbocycles. The summed E-state index contributed by atoms with van der Waals surface area (Å²) in [5.74, 6) is -1.15. The number of aliphatic hydroxyl groups is 3. The molecule has 120 valence electrons. The van der Waals surface area contributed by atoms with E-state index < -0.39 is 42.0 Å². The molecule has 0 saturated carbocycles. The molecule has 5 atom stereocenters. The minimum Gasteiger partial charge on any atom is -0.478 e. The molecule has 0 bridgehead atoms. The summed E-state index contributed by atoms with van der Waals surface area (Å²) < 4.78 is 5.40. The Balaban J connectivity index is 1.88. The van der Waals surface area contributed by atoms with Gasteiger partial charge in [0.1, 0.15) is 37.0 Å². The van der Waals surface area contributed by atoms with Crippen molar-refractivity contribution in [3.8, 4) is 0 Å². The first-order valence-corrected chi connectivity index (χ1v) is 6.86. The number of fused-ring (bicyclic) bond motifs is 1. The van der Waals surface area contributed by atoms with Gasteiger partial charge in [0.25, 0.3) is 0 Å². The lowest BCUT2D eigenvalue weighted by molar-refractivity contribution is -0.137. The third-order valence-corrected chi connectivity index (χ3v) is 4.26. The summed E-state index contributed by atoms with van der Waals surface area (Å²) in [4.78, 5) is 22.7. The Morgan fingerprint density at radius 1 is 1.50 bits per heavy atom. The van der Waals surface area contributed by atoms with Crippen molar-refractivity contribution in [3.05, 3.63) is 0 Å². The van der Waals surface area contributed by atoms with E-state index in [1.807, 2.05) is 0 Å². The van der Waals surface area contributed by atoms with Crippen LogP contribution in [0.4, 0.5) is 0 Å². The van der Waals surface area contributed by atoms with Crippen molar-refractivity contribution in [3.63, 3.8) is 0 Å². The van der Waals surface area contributed by atoms with E-state index >= 15 is 0 Å². The number of carboxylic acid groups (broad SMARTS) is 1. The standard InChI is InChI=1S/C11H14N4O6S/c16-1-4-5(17)6(18)9(21-4)15-3-13-7-8(15)12-2-14-11(7,22)10(19)20/h2,4-6,9,16-18,22H,1,3H2,(H,19,20)/t4-,5-,6-,9-,11?/m1/s1. The summed E-state index contributed by atoms with van der Waals surface area (Å²) in [6, 6.07) is 0. The second-order valence-electron chi connectivity index (χ2n) is 5.02. The van der Waals surface area contributed by atoms with Crippen molar-refractivity contribution >= 4 is 36.5 Å². The van der Waals surface area contributed by atoms with Gasteiger partial charge in [0, 0.05) is 0 Å². The van der Waals surface area contributed by atoms with Crippen LogP contribution in [0.5, 0.6) is 0 Å². The van der Waals surface area contributed by atoms with Crippen LogP contribution in [-0.4, -0.2) is 91.9 Å². The van der Waals surface area contributed by atoms with Crippen molar-refractivity contribution in [2.24, 2.45) is 15.0 Å². The maximum atomic E-state index is 11.4. The van der Waals surface area contributed by atoms with Crippen LogP contribution in [0.2, 0.25) is 0 Å². The highest BCUT2D eigenvalue weighted by molar-refractivity contribution is 7.84. The van der Waals surface area contributed by atoms with E-state index in [9.17, 15) is 20.1 Å². The highest BCUT2D eigenvalue weighted by Crippen LogP contribution is 2.31. The van der Waals surface area contributed by atoms with Crippen LogP contribution in [0.1, 0.15) is 0 Å². The minimum atomic E-state index is -1.86. The molecule has 0 aromatic heterocycles. The number of nitrogens with zero attached hydrogens (tertiary/aromatic N) is 4. The molecule has 11 heteroatoms. The first kappa shape index (κ1) is 15.4. The number of aliphatic carboxylic acids is 1. The van der Waals surface area contributed by atoms with Crippen LogP contribution in [0.25, 0.3) is 0 Å². The summed E-state index contributed by atoms with van der Waals surface area (Å²) in [5.41, 5.74) is 0.0311. The average Bonchev–Trinajstić information content (AvgIpc) is 3.03. The second kappa shape index (κ2) is 5.28. The molecule has 10 nitrogen and oxygen atoms in total. The molecular formula is C11H14N4O6S. The number of ether oxygens (including phenoxy) is 1. The van der Waals surface area contributed by atoms with E-state index in [0.717, 1.165) is 6.34 Å².